The van der Waals surface area contributed by atoms with E-state index < -0.39 is 0 Å². The van der Waals surface area contributed by atoms with Crippen molar-refractivity contribution in [3.63, 3.8) is 0 Å². The predicted molar refractivity (Wildman–Crippen MR) is 79.8 cm³/mol. The minimum absolute atomic E-state index is 0.0359. The second-order valence-corrected chi connectivity index (χ2v) is 5.96. The second kappa shape index (κ2) is 6.42. The molecule has 0 spiro atoms. The lowest BCUT2D eigenvalue weighted by Crippen LogP contribution is -2.42. The van der Waals surface area contributed by atoms with Gasteiger partial charge >= 0.3 is 0 Å². The number of carbonyl (C=O) groups is 1. The van der Waals surface area contributed by atoms with E-state index in [0.29, 0.717) is 11.8 Å². The normalized spacial score (nSPS) is 23.1. The number of rotatable bonds is 3. The van der Waals surface area contributed by atoms with Crippen molar-refractivity contribution in [1.29, 1.82) is 0 Å². The summed E-state index contributed by atoms with van der Waals surface area (Å²) in [7, 11) is 0. The fraction of sp³-hybridized carbons (Fsp3) is 0.562. The van der Waals surface area contributed by atoms with Crippen LogP contribution >= 0.6 is 11.6 Å². The van der Waals surface area contributed by atoms with Crippen molar-refractivity contribution in [3.05, 3.63) is 34.9 Å². The molecule has 1 saturated carbocycles. The molecular formula is C16H22ClNO. The molecule has 1 aromatic carbocycles. The standard InChI is InChI=1S/C16H22ClNO/c1-11-7-12(2)9-14(8-11)16(19)18-15-6-4-3-5-13(15)10-17/h7-9,13,15H,3-6,10H2,1-2H3,(H,18,19). The van der Waals surface area contributed by atoms with Gasteiger partial charge in [-0.15, -0.1) is 11.6 Å². The number of aryl methyl sites for hydroxylation is 2. The molecule has 2 nitrogen and oxygen atoms in total. The van der Waals surface area contributed by atoms with Crippen LogP contribution in [0.15, 0.2) is 18.2 Å². The Morgan fingerprint density at radius 2 is 1.84 bits per heavy atom. The lowest BCUT2D eigenvalue weighted by Gasteiger charge is -2.30. The maximum atomic E-state index is 12.3. The molecule has 1 aromatic rings. The topological polar surface area (TPSA) is 29.1 Å². The summed E-state index contributed by atoms with van der Waals surface area (Å²) < 4.78 is 0. The Morgan fingerprint density at radius 1 is 1.21 bits per heavy atom. The van der Waals surface area contributed by atoms with E-state index in [-0.39, 0.29) is 11.9 Å². The van der Waals surface area contributed by atoms with Gasteiger partial charge in [-0.1, -0.05) is 30.0 Å². The monoisotopic (exact) mass is 279 g/mol. The third-order valence-corrected chi connectivity index (χ3v) is 4.30. The molecule has 1 amide bonds. The highest BCUT2D eigenvalue weighted by atomic mass is 35.5. The van der Waals surface area contributed by atoms with E-state index in [9.17, 15) is 4.79 Å². The fourth-order valence-corrected chi connectivity index (χ4v) is 3.31. The van der Waals surface area contributed by atoms with Gasteiger partial charge in [-0.2, -0.15) is 0 Å². The molecule has 2 rings (SSSR count). The summed E-state index contributed by atoms with van der Waals surface area (Å²) in [6.45, 7) is 4.04. The van der Waals surface area contributed by atoms with Crippen LogP contribution < -0.4 is 5.32 Å². The molecule has 0 radical (unpaired) electrons. The van der Waals surface area contributed by atoms with Gasteiger partial charge in [-0.05, 0) is 44.7 Å². The molecule has 1 aliphatic carbocycles. The van der Waals surface area contributed by atoms with E-state index >= 15 is 0 Å². The number of hydrogen-bond acceptors (Lipinski definition) is 1. The van der Waals surface area contributed by atoms with E-state index in [1.807, 2.05) is 26.0 Å². The molecule has 3 heteroatoms. The molecule has 19 heavy (non-hydrogen) atoms. The summed E-state index contributed by atoms with van der Waals surface area (Å²) in [4.78, 5) is 12.3. The predicted octanol–water partition coefficient (Wildman–Crippen LogP) is 3.83. The first-order chi connectivity index (χ1) is 9.10. The van der Waals surface area contributed by atoms with Crippen molar-refractivity contribution in [2.45, 2.75) is 45.6 Å². The van der Waals surface area contributed by atoms with Crippen LogP contribution in [0.3, 0.4) is 0 Å². The smallest absolute Gasteiger partial charge is 0.251 e. The molecular weight excluding hydrogens is 258 g/mol. The van der Waals surface area contributed by atoms with Crippen molar-refractivity contribution < 1.29 is 4.79 Å². The Labute approximate surface area is 120 Å². The fourth-order valence-electron chi connectivity index (χ4n) is 2.94. The minimum Gasteiger partial charge on any atom is -0.349 e. The van der Waals surface area contributed by atoms with E-state index in [2.05, 4.69) is 11.4 Å². The van der Waals surface area contributed by atoms with Crippen molar-refractivity contribution in [1.82, 2.24) is 5.32 Å². The number of amides is 1. The van der Waals surface area contributed by atoms with Gasteiger partial charge in [0.25, 0.3) is 5.91 Å². The largest absolute Gasteiger partial charge is 0.349 e. The van der Waals surface area contributed by atoms with Gasteiger partial charge in [0, 0.05) is 17.5 Å². The van der Waals surface area contributed by atoms with Gasteiger partial charge in [0.15, 0.2) is 0 Å². The van der Waals surface area contributed by atoms with Gasteiger partial charge in [0.05, 0.1) is 0 Å². The molecule has 104 valence electrons. The third kappa shape index (κ3) is 3.73. The molecule has 0 heterocycles. The zero-order valence-corrected chi connectivity index (χ0v) is 12.5. The van der Waals surface area contributed by atoms with Crippen LogP contribution in [0.2, 0.25) is 0 Å². The zero-order chi connectivity index (χ0) is 13.8. The molecule has 1 fully saturated rings. The summed E-state index contributed by atoms with van der Waals surface area (Å²) in [6.07, 6.45) is 4.59. The van der Waals surface area contributed by atoms with Crippen LogP contribution in [-0.2, 0) is 0 Å². The number of alkyl halides is 1. The molecule has 1 aliphatic rings. The van der Waals surface area contributed by atoms with Crippen LogP contribution in [0.4, 0.5) is 0 Å². The lowest BCUT2D eigenvalue weighted by molar-refractivity contribution is 0.0911. The Bertz CT molecular complexity index is 438. The van der Waals surface area contributed by atoms with Gasteiger partial charge in [-0.3, -0.25) is 4.79 Å². The number of hydrogen-bond donors (Lipinski definition) is 1. The highest BCUT2D eigenvalue weighted by molar-refractivity contribution is 6.18. The second-order valence-electron chi connectivity index (χ2n) is 5.66. The van der Waals surface area contributed by atoms with Crippen LogP contribution in [-0.4, -0.2) is 17.8 Å². The van der Waals surface area contributed by atoms with Gasteiger partial charge in [0.1, 0.15) is 0 Å². The first-order valence-corrected chi connectivity index (χ1v) is 7.58. The first-order valence-electron chi connectivity index (χ1n) is 7.05. The van der Waals surface area contributed by atoms with Crippen molar-refractivity contribution in [3.8, 4) is 0 Å². The minimum atomic E-state index is 0.0359. The SMILES string of the molecule is Cc1cc(C)cc(C(=O)NC2CCCCC2CCl)c1. The molecule has 1 N–H and O–H groups in total. The van der Waals surface area contributed by atoms with Gasteiger partial charge < -0.3 is 5.32 Å². The molecule has 0 bridgehead atoms. The van der Waals surface area contributed by atoms with Crippen LogP contribution in [0.1, 0.15) is 47.2 Å². The highest BCUT2D eigenvalue weighted by Crippen LogP contribution is 2.25. The van der Waals surface area contributed by atoms with Gasteiger partial charge in [-0.25, -0.2) is 0 Å². The quantitative estimate of drug-likeness (QED) is 0.837. The average Bonchev–Trinajstić information content (AvgIpc) is 2.38. The van der Waals surface area contributed by atoms with Crippen molar-refractivity contribution in [2.24, 2.45) is 5.92 Å². The number of carbonyl (C=O) groups excluding carboxylic acids is 1. The van der Waals surface area contributed by atoms with E-state index in [1.54, 1.807) is 0 Å². The molecule has 2 atom stereocenters. The summed E-state index contributed by atoms with van der Waals surface area (Å²) in [6, 6.07) is 6.21. The molecule has 0 saturated heterocycles. The average molecular weight is 280 g/mol. The van der Waals surface area contributed by atoms with Crippen molar-refractivity contribution >= 4 is 17.5 Å². The first kappa shape index (κ1) is 14.4. The number of nitrogens with one attached hydrogen (secondary N) is 1. The molecule has 0 aliphatic heterocycles. The van der Waals surface area contributed by atoms with E-state index in [4.69, 9.17) is 11.6 Å². The molecule has 0 aromatic heterocycles. The van der Waals surface area contributed by atoms with E-state index in [0.717, 1.165) is 29.5 Å². The van der Waals surface area contributed by atoms with Gasteiger partial charge in [0.2, 0.25) is 0 Å². The number of benzene rings is 1. The Balaban J connectivity index is 2.07. The summed E-state index contributed by atoms with van der Waals surface area (Å²) in [5.74, 6) is 1.09. The Morgan fingerprint density at radius 3 is 2.47 bits per heavy atom. The van der Waals surface area contributed by atoms with E-state index in [1.165, 1.54) is 12.8 Å². The number of halogens is 1. The lowest BCUT2D eigenvalue weighted by atomic mass is 9.85. The zero-order valence-electron chi connectivity index (χ0n) is 11.7. The molecule has 2 unspecified atom stereocenters. The Kier molecular flexibility index (Phi) is 4.87. The maximum absolute atomic E-state index is 12.3. The van der Waals surface area contributed by atoms with Crippen LogP contribution in [0.5, 0.6) is 0 Å². The summed E-state index contributed by atoms with van der Waals surface area (Å²) in [5, 5.41) is 3.17. The highest BCUT2D eigenvalue weighted by Gasteiger charge is 2.26. The Hall–Kier alpha value is -1.02. The van der Waals surface area contributed by atoms with Crippen molar-refractivity contribution in [2.75, 3.05) is 5.88 Å². The van der Waals surface area contributed by atoms with Crippen LogP contribution in [0.25, 0.3) is 0 Å². The summed E-state index contributed by atoms with van der Waals surface area (Å²) >= 11 is 6.00. The maximum Gasteiger partial charge on any atom is 0.251 e. The third-order valence-electron chi connectivity index (χ3n) is 3.91. The van der Waals surface area contributed by atoms with Crippen LogP contribution in [0, 0.1) is 19.8 Å². The summed E-state index contributed by atoms with van der Waals surface area (Å²) in [5.41, 5.74) is 3.02.